The summed E-state index contributed by atoms with van der Waals surface area (Å²) in [5, 5.41) is 0.586. The summed E-state index contributed by atoms with van der Waals surface area (Å²) in [6, 6.07) is 5.50. The number of hydrogen-bond donors (Lipinski definition) is 1. The summed E-state index contributed by atoms with van der Waals surface area (Å²) in [6.07, 6.45) is 6.30. The van der Waals surface area contributed by atoms with Crippen molar-refractivity contribution in [1.29, 1.82) is 0 Å². The van der Waals surface area contributed by atoms with Crippen LogP contribution in [-0.2, 0) is 0 Å². The molecule has 2 nitrogen and oxygen atoms in total. The number of nitrogens with two attached hydrogens (primary N) is 1. The highest BCUT2D eigenvalue weighted by molar-refractivity contribution is 7.80. The highest BCUT2D eigenvalue weighted by Gasteiger charge is 2.21. The van der Waals surface area contributed by atoms with Crippen molar-refractivity contribution < 1.29 is 4.74 Å². The van der Waals surface area contributed by atoms with Crippen molar-refractivity contribution >= 4 is 28.8 Å². The quantitative estimate of drug-likeness (QED) is 0.841. The second kappa shape index (κ2) is 6.58. The van der Waals surface area contributed by atoms with Gasteiger partial charge in [-0.25, -0.2) is 0 Å². The van der Waals surface area contributed by atoms with Gasteiger partial charge in [-0.15, -0.1) is 0 Å². The van der Waals surface area contributed by atoms with Crippen LogP contribution in [0.1, 0.15) is 44.6 Å². The van der Waals surface area contributed by atoms with Gasteiger partial charge in [-0.3, -0.25) is 0 Å². The molecule has 2 N–H and O–H groups in total. The lowest BCUT2D eigenvalue weighted by Gasteiger charge is -2.28. The van der Waals surface area contributed by atoms with Gasteiger partial charge in [0.15, 0.2) is 0 Å². The standard InChI is InChI=1S/C15H20ClNOS/c1-2-10-3-6-12(7-4-10)18-14-8-5-11(15(17)19)9-13(14)16/h5,8-10,12H,2-4,6-7H2,1H3,(H2,17,19). The van der Waals surface area contributed by atoms with E-state index in [-0.39, 0.29) is 6.10 Å². The van der Waals surface area contributed by atoms with E-state index >= 15 is 0 Å². The molecule has 0 amide bonds. The summed E-state index contributed by atoms with van der Waals surface area (Å²) in [4.78, 5) is 0.358. The predicted octanol–water partition coefficient (Wildman–Crippen LogP) is 4.32. The lowest BCUT2D eigenvalue weighted by atomic mass is 9.86. The Balaban J connectivity index is 1.98. The van der Waals surface area contributed by atoms with Gasteiger partial charge in [0.1, 0.15) is 10.7 Å². The van der Waals surface area contributed by atoms with Crippen LogP contribution in [0.25, 0.3) is 0 Å². The van der Waals surface area contributed by atoms with Gasteiger partial charge in [-0.05, 0) is 49.8 Å². The van der Waals surface area contributed by atoms with E-state index in [2.05, 4.69) is 6.92 Å². The van der Waals surface area contributed by atoms with Gasteiger partial charge in [0.05, 0.1) is 11.1 Å². The Morgan fingerprint density at radius 1 is 1.37 bits per heavy atom. The van der Waals surface area contributed by atoms with Crippen LogP contribution >= 0.6 is 23.8 Å². The molecule has 1 aromatic carbocycles. The van der Waals surface area contributed by atoms with Crippen LogP contribution in [0.3, 0.4) is 0 Å². The fourth-order valence-electron chi connectivity index (χ4n) is 2.59. The molecule has 19 heavy (non-hydrogen) atoms. The molecule has 0 atom stereocenters. The maximum Gasteiger partial charge on any atom is 0.138 e. The van der Waals surface area contributed by atoms with Crippen LogP contribution < -0.4 is 10.5 Å². The smallest absolute Gasteiger partial charge is 0.138 e. The lowest BCUT2D eigenvalue weighted by molar-refractivity contribution is 0.130. The molecule has 4 heteroatoms. The third-order valence-electron chi connectivity index (χ3n) is 3.88. The van der Waals surface area contributed by atoms with Crippen molar-refractivity contribution in [3.05, 3.63) is 28.8 Å². The molecule has 0 heterocycles. The van der Waals surface area contributed by atoms with Crippen LogP contribution in [0, 0.1) is 5.92 Å². The molecular weight excluding hydrogens is 278 g/mol. The minimum atomic E-state index is 0.288. The summed E-state index contributed by atoms with van der Waals surface area (Å²) < 4.78 is 6.00. The molecule has 0 radical (unpaired) electrons. The number of benzene rings is 1. The molecule has 0 aliphatic heterocycles. The number of rotatable bonds is 4. The van der Waals surface area contributed by atoms with E-state index in [4.69, 9.17) is 34.3 Å². The summed E-state index contributed by atoms with van der Waals surface area (Å²) in [5.41, 5.74) is 6.36. The normalized spacial score (nSPS) is 23.1. The van der Waals surface area contributed by atoms with Crippen molar-refractivity contribution in [3.8, 4) is 5.75 Å². The molecule has 0 unspecified atom stereocenters. The molecule has 2 rings (SSSR count). The van der Waals surface area contributed by atoms with E-state index in [1.54, 1.807) is 6.07 Å². The zero-order chi connectivity index (χ0) is 13.8. The third kappa shape index (κ3) is 3.83. The third-order valence-corrected chi connectivity index (χ3v) is 4.41. The van der Waals surface area contributed by atoms with E-state index in [9.17, 15) is 0 Å². The second-order valence-corrected chi connectivity index (χ2v) is 6.03. The molecule has 0 spiro atoms. The van der Waals surface area contributed by atoms with Gasteiger partial charge in [0, 0.05) is 5.56 Å². The van der Waals surface area contributed by atoms with Crippen molar-refractivity contribution in [2.75, 3.05) is 0 Å². The first-order chi connectivity index (χ1) is 9.10. The maximum atomic E-state index is 6.21. The molecule has 0 saturated heterocycles. The molecular formula is C15H20ClNOS. The van der Waals surface area contributed by atoms with Gasteiger partial charge in [-0.2, -0.15) is 0 Å². The number of halogens is 1. The molecule has 104 valence electrons. The number of ether oxygens (including phenoxy) is 1. The Hall–Kier alpha value is -0.800. The zero-order valence-electron chi connectivity index (χ0n) is 11.2. The van der Waals surface area contributed by atoms with E-state index in [1.807, 2.05) is 12.1 Å². The number of hydrogen-bond acceptors (Lipinski definition) is 2. The van der Waals surface area contributed by atoms with Crippen molar-refractivity contribution in [1.82, 2.24) is 0 Å². The van der Waals surface area contributed by atoms with Gasteiger partial charge < -0.3 is 10.5 Å². The molecule has 0 bridgehead atoms. The first-order valence-electron chi connectivity index (χ1n) is 6.86. The first-order valence-corrected chi connectivity index (χ1v) is 7.64. The molecule has 1 aromatic rings. The summed E-state index contributed by atoms with van der Waals surface area (Å²) >= 11 is 11.1. The van der Waals surface area contributed by atoms with E-state index in [0.29, 0.717) is 10.0 Å². The van der Waals surface area contributed by atoms with Crippen LogP contribution in [0.4, 0.5) is 0 Å². The maximum absolute atomic E-state index is 6.21. The largest absolute Gasteiger partial charge is 0.489 e. The van der Waals surface area contributed by atoms with Crippen LogP contribution in [-0.4, -0.2) is 11.1 Å². The lowest BCUT2D eigenvalue weighted by Crippen LogP contribution is -2.24. The van der Waals surface area contributed by atoms with Gasteiger partial charge >= 0.3 is 0 Å². The molecule has 1 aliphatic rings. The molecule has 1 fully saturated rings. The van der Waals surface area contributed by atoms with Crippen molar-refractivity contribution in [3.63, 3.8) is 0 Å². The highest BCUT2D eigenvalue weighted by atomic mass is 35.5. The highest BCUT2D eigenvalue weighted by Crippen LogP contribution is 2.32. The second-order valence-electron chi connectivity index (χ2n) is 5.18. The topological polar surface area (TPSA) is 35.2 Å². The Bertz CT molecular complexity index is 455. The van der Waals surface area contributed by atoms with Gasteiger partial charge in [0.25, 0.3) is 0 Å². The average molecular weight is 298 g/mol. The van der Waals surface area contributed by atoms with Crippen LogP contribution in [0.2, 0.25) is 5.02 Å². The fourth-order valence-corrected chi connectivity index (χ4v) is 2.94. The summed E-state index contributed by atoms with van der Waals surface area (Å²) in [6.45, 7) is 2.26. The summed E-state index contributed by atoms with van der Waals surface area (Å²) in [7, 11) is 0. The Labute approximate surface area is 125 Å². The van der Waals surface area contributed by atoms with Gasteiger partial charge in [-0.1, -0.05) is 37.2 Å². The summed E-state index contributed by atoms with van der Waals surface area (Å²) in [5.74, 6) is 1.61. The SMILES string of the molecule is CCC1CCC(Oc2ccc(C(N)=S)cc2Cl)CC1. The zero-order valence-corrected chi connectivity index (χ0v) is 12.8. The first kappa shape index (κ1) is 14.6. The fraction of sp³-hybridized carbons (Fsp3) is 0.533. The van der Waals surface area contributed by atoms with E-state index in [1.165, 1.54) is 19.3 Å². The average Bonchev–Trinajstić information content (AvgIpc) is 2.41. The number of thiocarbonyl (C=S) groups is 1. The van der Waals surface area contributed by atoms with E-state index in [0.717, 1.165) is 30.1 Å². The molecule has 1 saturated carbocycles. The van der Waals surface area contributed by atoms with E-state index < -0.39 is 0 Å². The minimum Gasteiger partial charge on any atom is -0.489 e. The Morgan fingerprint density at radius 3 is 2.58 bits per heavy atom. The minimum absolute atomic E-state index is 0.288. The Morgan fingerprint density at radius 2 is 2.05 bits per heavy atom. The Kier molecular flexibility index (Phi) is 5.06. The molecule has 1 aliphatic carbocycles. The van der Waals surface area contributed by atoms with Crippen molar-refractivity contribution in [2.45, 2.75) is 45.1 Å². The van der Waals surface area contributed by atoms with Crippen molar-refractivity contribution in [2.24, 2.45) is 11.7 Å². The van der Waals surface area contributed by atoms with Crippen LogP contribution in [0.15, 0.2) is 18.2 Å². The predicted molar refractivity (Wildman–Crippen MR) is 84.0 cm³/mol. The monoisotopic (exact) mass is 297 g/mol. The molecule has 0 aromatic heterocycles. The van der Waals surface area contributed by atoms with Gasteiger partial charge in [0.2, 0.25) is 0 Å². The van der Waals surface area contributed by atoms with Crippen LogP contribution in [0.5, 0.6) is 5.75 Å².